The number of aromatic nitrogens is 1. The lowest BCUT2D eigenvalue weighted by atomic mass is 10.2. The lowest BCUT2D eigenvalue weighted by Crippen LogP contribution is -2.30. The summed E-state index contributed by atoms with van der Waals surface area (Å²) in [5.74, 6) is -0.884. The number of hydrogen-bond donors (Lipinski definition) is 0. The van der Waals surface area contributed by atoms with E-state index >= 15 is 0 Å². The zero-order valence-corrected chi connectivity index (χ0v) is 23.1. The number of thiazole rings is 1. The number of aryl methyl sites for hydroxylation is 1. The van der Waals surface area contributed by atoms with Gasteiger partial charge in [0, 0.05) is 25.2 Å². The van der Waals surface area contributed by atoms with E-state index in [0.29, 0.717) is 23.5 Å². The molecule has 1 aromatic heterocycles. The summed E-state index contributed by atoms with van der Waals surface area (Å²) in [5, 5.41) is 0. The molecule has 38 heavy (non-hydrogen) atoms. The maximum atomic E-state index is 13.2. The number of rotatable bonds is 9. The summed E-state index contributed by atoms with van der Waals surface area (Å²) in [6.45, 7) is 6.93. The molecule has 3 aromatic carbocycles. The molecule has 0 saturated heterocycles. The highest BCUT2D eigenvalue weighted by Gasteiger charge is 2.23. The van der Waals surface area contributed by atoms with Gasteiger partial charge in [-0.05, 0) is 61.9 Å². The summed E-state index contributed by atoms with van der Waals surface area (Å²) in [5.41, 5.74) is 2.47. The fourth-order valence-corrected chi connectivity index (χ4v) is 6.60. The van der Waals surface area contributed by atoms with Crippen LogP contribution in [0, 0.1) is 0 Å². The second-order valence-electron chi connectivity index (χ2n) is 8.39. The molecule has 1 amide bonds. The molecule has 1 heterocycles. The summed E-state index contributed by atoms with van der Waals surface area (Å²) in [6, 6.07) is 20.5. The van der Waals surface area contributed by atoms with Gasteiger partial charge >= 0.3 is 5.97 Å². The molecule has 4 aromatic rings. The molecule has 0 spiro atoms. The second-order valence-corrected chi connectivity index (χ2v) is 11.3. The van der Waals surface area contributed by atoms with Crippen molar-refractivity contribution >= 4 is 43.5 Å². The highest BCUT2D eigenvalue weighted by molar-refractivity contribution is 7.89. The smallest absolute Gasteiger partial charge is 0.338 e. The standard InChI is InChI=1S/C28H29N3O5S2/c1-4-30(19-20-10-8-7-9-11-20)38(34,35)23-15-12-21(13-16-23)26(32)29-28-31(5-2)24-17-14-22(18-25(24)37-28)27(33)36-6-3/h7-18H,4-6,19H2,1-3H3. The molecule has 0 bridgehead atoms. The number of carbonyl (C=O) groups is 2. The molecule has 0 radical (unpaired) electrons. The van der Waals surface area contributed by atoms with Crippen molar-refractivity contribution in [1.82, 2.24) is 8.87 Å². The number of nitrogens with zero attached hydrogens (tertiary/aromatic N) is 3. The molecule has 0 aliphatic rings. The lowest BCUT2D eigenvalue weighted by Gasteiger charge is -2.20. The second kappa shape index (κ2) is 11.8. The van der Waals surface area contributed by atoms with E-state index in [0.717, 1.165) is 15.8 Å². The number of amides is 1. The Bertz CT molecular complexity index is 1620. The number of fused-ring (bicyclic) bond motifs is 1. The van der Waals surface area contributed by atoms with Gasteiger partial charge in [0.1, 0.15) is 0 Å². The van der Waals surface area contributed by atoms with Crippen molar-refractivity contribution in [1.29, 1.82) is 0 Å². The van der Waals surface area contributed by atoms with Crippen molar-refractivity contribution in [2.75, 3.05) is 13.2 Å². The molecule has 0 aliphatic heterocycles. The Hall–Kier alpha value is -3.60. The fraction of sp³-hybridized carbons (Fsp3) is 0.250. The largest absolute Gasteiger partial charge is 0.462 e. The highest BCUT2D eigenvalue weighted by Crippen LogP contribution is 2.21. The summed E-state index contributed by atoms with van der Waals surface area (Å²) in [6.07, 6.45) is 0. The quantitative estimate of drug-likeness (QED) is 0.277. The molecule has 0 aliphatic carbocycles. The first-order valence-corrected chi connectivity index (χ1v) is 14.6. The molecule has 4 rings (SSSR count). The van der Waals surface area contributed by atoms with Gasteiger partial charge in [-0.2, -0.15) is 9.30 Å². The van der Waals surface area contributed by atoms with Crippen molar-refractivity contribution in [3.05, 3.63) is 94.3 Å². The minimum absolute atomic E-state index is 0.115. The lowest BCUT2D eigenvalue weighted by molar-refractivity contribution is 0.0526. The van der Waals surface area contributed by atoms with E-state index in [4.69, 9.17) is 4.74 Å². The zero-order valence-electron chi connectivity index (χ0n) is 21.5. The number of hydrogen-bond acceptors (Lipinski definition) is 6. The predicted octanol–water partition coefficient (Wildman–Crippen LogP) is 4.85. The first-order chi connectivity index (χ1) is 18.3. The van der Waals surface area contributed by atoms with Crippen LogP contribution in [0.4, 0.5) is 0 Å². The van der Waals surface area contributed by atoms with Crippen LogP contribution in [0.3, 0.4) is 0 Å². The molecule has 0 N–H and O–H groups in total. The van der Waals surface area contributed by atoms with Gasteiger partial charge in [0.2, 0.25) is 10.0 Å². The third-order valence-corrected chi connectivity index (χ3v) is 8.98. The molecule has 198 valence electrons. The van der Waals surface area contributed by atoms with Gasteiger partial charge in [0.05, 0.1) is 27.3 Å². The van der Waals surface area contributed by atoms with Crippen molar-refractivity contribution in [3.8, 4) is 0 Å². The van der Waals surface area contributed by atoms with Crippen LogP contribution >= 0.6 is 11.3 Å². The molecule has 10 heteroatoms. The summed E-state index contributed by atoms with van der Waals surface area (Å²) >= 11 is 1.30. The highest BCUT2D eigenvalue weighted by atomic mass is 32.2. The third-order valence-electron chi connectivity index (χ3n) is 6.00. The Morgan fingerprint density at radius 2 is 1.63 bits per heavy atom. The average Bonchev–Trinajstić information content (AvgIpc) is 3.28. The van der Waals surface area contributed by atoms with Crippen molar-refractivity contribution in [2.24, 2.45) is 4.99 Å². The Morgan fingerprint density at radius 3 is 2.26 bits per heavy atom. The van der Waals surface area contributed by atoms with Crippen LogP contribution in [0.25, 0.3) is 10.2 Å². The predicted molar refractivity (Wildman–Crippen MR) is 147 cm³/mol. The van der Waals surface area contributed by atoms with E-state index in [1.807, 2.05) is 47.9 Å². The maximum absolute atomic E-state index is 13.2. The number of carbonyl (C=O) groups excluding carboxylic acids is 2. The number of ether oxygens (including phenoxy) is 1. The summed E-state index contributed by atoms with van der Waals surface area (Å²) < 4.78 is 35.6. The van der Waals surface area contributed by atoms with Crippen LogP contribution < -0.4 is 4.80 Å². The Balaban J connectivity index is 1.60. The zero-order chi connectivity index (χ0) is 27.3. The molecule has 0 fully saturated rings. The van der Waals surface area contributed by atoms with Gasteiger partial charge in [-0.1, -0.05) is 48.6 Å². The van der Waals surface area contributed by atoms with Crippen LogP contribution in [0.1, 0.15) is 47.1 Å². The van der Waals surface area contributed by atoms with Gasteiger partial charge in [-0.25, -0.2) is 13.2 Å². The topological polar surface area (TPSA) is 98.0 Å². The van der Waals surface area contributed by atoms with Crippen LogP contribution in [0.15, 0.2) is 82.7 Å². The number of sulfonamides is 1. The van der Waals surface area contributed by atoms with Crippen LogP contribution in [0.5, 0.6) is 0 Å². The Kier molecular flexibility index (Phi) is 8.55. The van der Waals surface area contributed by atoms with E-state index in [1.165, 1.54) is 39.9 Å². The van der Waals surface area contributed by atoms with Gasteiger partial charge in [0.15, 0.2) is 4.80 Å². The fourth-order valence-electron chi connectivity index (χ4n) is 4.03. The normalized spacial score (nSPS) is 12.3. The summed E-state index contributed by atoms with van der Waals surface area (Å²) in [7, 11) is -3.74. The van der Waals surface area contributed by atoms with Gasteiger partial charge in [-0.3, -0.25) is 4.79 Å². The van der Waals surface area contributed by atoms with Crippen molar-refractivity contribution in [2.45, 2.75) is 38.8 Å². The average molecular weight is 552 g/mol. The Morgan fingerprint density at radius 1 is 0.947 bits per heavy atom. The molecule has 0 atom stereocenters. The number of benzene rings is 3. The molecule has 8 nitrogen and oxygen atoms in total. The van der Waals surface area contributed by atoms with E-state index in [9.17, 15) is 18.0 Å². The van der Waals surface area contributed by atoms with E-state index in [1.54, 1.807) is 26.0 Å². The van der Waals surface area contributed by atoms with Crippen molar-refractivity contribution < 1.29 is 22.7 Å². The van der Waals surface area contributed by atoms with E-state index in [-0.39, 0.29) is 23.6 Å². The first kappa shape index (κ1) is 27.4. The SMILES string of the molecule is CCOC(=O)c1ccc2c(c1)sc(=NC(=O)c1ccc(S(=O)(=O)N(CC)Cc3ccccc3)cc1)n2CC. The molecular formula is C28H29N3O5S2. The molecule has 0 saturated carbocycles. The minimum atomic E-state index is -3.74. The summed E-state index contributed by atoms with van der Waals surface area (Å²) in [4.78, 5) is 30.0. The monoisotopic (exact) mass is 551 g/mol. The Labute approximate surface area is 225 Å². The first-order valence-electron chi connectivity index (χ1n) is 12.3. The van der Waals surface area contributed by atoms with Gasteiger partial charge < -0.3 is 9.30 Å². The van der Waals surface area contributed by atoms with E-state index < -0.39 is 21.9 Å². The van der Waals surface area contributed by atoms with Crippen LogP contribution in [0.2, 0.25) is 0 Å². The van der Waals surface area contributed by atoms with Crippen LogP contribution in [-0.2, 0) is 27.8 Å². The van der Waals surface area contributed by atoms with Gasteiger partial charge in [-0.15, -0.1) is 0 Å². The number of esters is 1. The van der Waals surface area contributed by atoms with Crippen molar-refractivity contribution in [3.63, 3.8) is 0 Å². The van der Waals surface area contributed by atoms with Gasteiger partial charge in [0.25, 0.3) is 5.91 Å². The third kappa shape index (κ3) is 5.77. The molecule has 0 unspecified atom stereocenters. The molecular weight excluding hydrogens is 522 g/mol. The minimum Gasteiger partial charge on any atom is -0.462 e. The van der Waals surface area contributed by atoms with Crippen LogP contribution in [-0.4, -0.2) is 42.3 Å². The van der Waals surface area contributed by atoms with E-state index in [2.05, 4.69) is 4.99 Å². The maximum Gasteiger partial charge on any atom is 0.338 e.